The van der Waals surface area contributed by atoms with Gasteiger partial charge in [-0.15, -0.1) is 0 Å². The summed E-state index contributed by atoms with van der Waals surface area (Å²) < 4.78 is 0. The Labute approximate surface area is 133 Å². The van der Waals surface area contributed by atoms with Crippen LogP contribution in [-0.4, -0.2) is 16.1 Å². The molecule has 0 bridgehead atoms. The Balaban J connectivity index is 1.95. The van der Waals surface area contributed by atoms with Crippen molar-refractivity contribution in [2.75, 3.05) is 4.90 Å². The first-order valence-electron chi connectivity index (χ1n) is 6.78. The predicted molar refractivity (Wildman–Crippen MR) is 90.5 cm³/mol. The molecule has 1 fully saturated rings. The van der Waals surface area contributed by atoms with Gasteiger partial charge in [0.05, 0.1) is 5.69 Å². The van der Waals surface area contributed by atoms with Crippen molar-refractivity contribution in [3.05, 3.63) is 65.4 Å². The number of para-hydroxylation sites is 1. The number of benzene rings is 2. The molecule has 4 nitrogen and oxygen atoms in total. The minimum atomic E-state index is -0.239. The molecule has 0 aliphatic carbocycles. The zero-order valence-corrected chi connectivity index (χ0v) is 12.7. The number of hydrogen-bond donors (Lipinski definition) is 2. The largest absolute Gasteiger partial charge is 0.507 e. The third-order valence-corrected chi connectivity index (χ3v) is 3.69. The lowest BCUT2D eigenvalue weighted by atomic mass is 10.1. The van der Waals surface area contributed by atoms with Crippen LogP contribution in [0, 0.1) is 6.92 Å². The number of phenolic OH excluding ortho intramolecular Hbond substituents is 1. The van der Waals surface area contributed by atoms with Crippen molar-refractivity contribution < 1.29 is 9.90 Å². The monoisotopic (exact) mass is 310 g/mol. The van der Waals surface area contributed by atoms with Gasteiger partial charge in [0.1, 0.15) is 11.4 Å². The van der Waals surface area contributed by atoms with Gasteiger partial charge >= 0.3 is 0 Å². The maximum Gasteiger partial charge on any atom is 0.281 e. The minimum Gasteiger partial charge on any atom is -0.507 e. The van der Waals surface area contributed by atoms with E-state index in [4.69, 9.17) is 12.2 Å². The van der Waals surface area contributed by atoms with Gasteiger partial charge in [-0.2, -0.15) is 0 Å². The normalized spacial score (nSPS) is 16.2. The highest BCUT2D eigenvalue weighted by Gasteiger charge is 2.31. The van der Waals surface area contributed by atoms with Gasteiger partial charge in [-0.1, -0.05) is 35.9 Å². The van der Waals surface area contributed by atoms with E-state index >= 15 is 0 Å². The molecule has 1 aliphatic rings. The number of carbonyl (C=O) groups excluding carboxylic acids is 1. The van der Waals surface area contributed by atoms with Crippen LogP contribution in [0.3, 0.4) is 0 Å². The molecule has 1 aliphatic heterocycles. The van der Waals surface area contributed by atoms with Crippen LogP contribution in [0.2, 0.25) is 0 Å². The molecular formula is C17H14N2O2S. The van der Waals surface area contributed by atoms with Crippen molar-refractivity contribution in [2.45, 2.75) is 6.92 Å². The molecule has 22 heavy (non-hydrogen) atoms. The van der Waals surface area contributed by atoms with Crippen molar-refractivity contribution in [3.8, 4) is 5.75 Å². The Morgan fingerprint density at radius 3 is 2.50 bits per heavy atom. The minimum absolute atomic E-state index is 0.115. The Hall–Kier alpha value is -2.66. The first-order valence-corrected chi connectivity index (χ1v) is 7.19. The van der Waals surface area contributed by atoms with Gasteiger partial charge in [0.25, 0.3) is 5.91 Å². The number of phenols is 1. The van der Waals surface area contributed by atoms with Crippen molar-refractivity contribution in [1.82, 2.24) is 5.32 Å². The molecule has 5 heteroatoms. The van der Waals surface area contributed by atoms with E-state index in [9.17, 15) is 9.90 Å². The molecule has 2 aromatic carbocycles. The summed E-state index contributed by atoms with van der Waals surface area (Å²) in [5.41, 5.74) is 2.73. The molecule has 1 heterocycles. The molecule has 3 rings (SSSR count). The maximum absolute atomic E-state index is 12.5. The van der Waals surface area contributed by atoms with Gasteiger partial charge in [0.15, 0.2) is 5.11 Å². The number of thiocarbonyl (C=S) groups is 1. The Morgan fingerprint density at radius 2 is 1.82 bits per heavy atom. The molecule has 110 valence electrons. The van der Waals surface area contributed by atoms with Crippen molar-refractivity contribution in [3.63, 3.8) is 0 Å². The van der Waals surface area contributed by atoms with Crippen LogP contribution >= 0.6 is 12.2 Å². The topological polar surface area (TPSA) is 52.6 Å². The molecule has 0 aromatic heterocycles. The van der Waals surface area contributed by atoms with Crippen LogP contribution in [0.4, 0.5) is 5.69 Å². The number of nitrogens with zero attached hydrogens (tertiary/aromatic N) is 1. The van der Waals surface area contributed by atoms with E-state index in [1.165, 1.54) is 4.90 Å². The molecule has 0 spiro atoms. The summed E-state index contributed by atoms with van der Waals surface area (Å²) >= 11 is 5.25. The molecule has 0 unspecified atom stereocenters. The predicted octanol–water partition coefficient (Wildman–Crippen LogP) is 2.96. The number of hydrogen-bond acceptors (Lipinski definition) is 3. The smallest absolute Gasteiger partial charge is 0.281 e. The van der Waals surface area contributed by atoms with E-state index in [-0.39, 0.29) is 11.7 Å². The molecule has 0 radical (unpaired) electrons. The van der Waals surface area contributed by atoms with E-state index in [1.54, 1.807) is 30.3 Å². The van der Waals surface area contributed by atoms with Gasteiger partial charge in [0.2, 0.25) is 0 Å². The van der Waals surface area contributed by atoms with Crippen molar-refractivity contribution >= 4 is 35.0 Å². The number of nitrogens with one attached hydrogen (secondary N) is 1. The van der Waals surface area contributed by atoms with E-state index in [2.05, 4.69) is 5.32 Å². The summed E-state index contributed by atoms with van der Waals surface area (Å²) in [5.74, 6) is -0.124. The third-order valence-electron chi connectivity index (χ3n) is 3.41. The number of rotatable bonds is 2. The molecular weight excluding hydrogens is 296 g/mol. The van der Waals surface area contributed by atoms with Gasteiger partial charge in [0, 0.05) is 5.56 Å². The molecule has 1 amide bonds. The lowest BCUT2D eigenvalue weighted by Gasteiger charge is -2.13. The van der Waals surface area contributed by atoms with Crippen LogP contribution in [-0.2, 0) is 4.79 Å². The van der Waals surface area contributed by atoms with Crippen molar-refractivity contribution in [1.29, 1.82) is 0 Å². The van der Waals surface area contributed by atoms with Gasteiger partial charge in [-0.25, -0.2) is 0 Å². The quantitative estimate of drug-likeness (QED) is 0.661. The zero-order valence-electron chi connectivity index (χ0n) is 11.9. The molecule has 2 aromatic rings. The highest BCUT2D eigenvalue weighted by Crippen LogP contribution is 2.25. The number of carbonyl (C=O) groups is 1. The standard InChI is InChI=1S/C17H14N2O2S/c1-11-6-8-13(9-7-11)19-16(21)14(18-17(19)22)10-12-4-2-3-5-15(12)20/h2-10,20H,1H3,(H,18,22)/b14-10+. The molecule has 1 saturated heterocycles. The lowest BCUT2D eigenvalue weighted by molar-refractivity contribution is -0.113. The summed E-state index contributed by atoms with van der Waals surface area (Å²) in [6, 6.07) is 14.4. The van der Waals surface area contributed by atoms with Gasteiger partial charge < -0.3 is 10.4 Å². The fraction of sp³-hybridized carbons (Fsp3) is 0.0588. The fourth-order valence-corrected chi connectivity index (χ4v) is 2.53. The van der Waals surface area contributed by atoms with E-state index in [1.807, 2.05) is 31.2 Å². The SMILES string of the molecule is Cc1ccc(N2C(=O)/C(=C\c3ccccc3O)NC2=S)cc1. The van der Waals surface area contributed by atoms with Crippen molar-refractivity contribution in [2.24, 2.45) is 0 Å². The lowest BCUT2D eigenvalue weighted by Crippen LogP contribution is -2.30. The third kappa shape index (κ3) is 2.58. The van der Waals surface area contributed by atoms with Crippen LogP contribution in [0.5, 0.6) is 5.75 Å². The van der Waals surface area contributed by atoms with Crippen LogP contribution < -0.4 is 10.2 Å². The van der Waals surface area contributed by atoms with E-state index < -0.39 is 0 Å². The number of amides is 1. The summed E-state index contributed by atoms with van der Waals surface area (Å²) in [6.07, 6.45) is 1.60. The summed E-state index contributed by atoms with van der Waals surface area (Å²) in [7, 11) is 0. The fourth-order valence-electron chi connectivity index (χ4n) is 2.23. The van der Waals surface area contributed by atoms with Crippen LogP contribution in [0.15, 0.2) is 54.2 Å². The average molecular weight is 310 g/mol. The van der Waals surface area contributed by atoms with Gasteiger partial charge in [-0.05, 0) is 43.4 Å². The first-order chi connectivity index (χ1) is 10.6. The highest BCUT2D eigenvalue weighted by atomic mass is 32.1. The Kier molecular flexibility index (Phi) is 3.65. The Morgan fingerprint density at radius 1 is 1.14 bits per heavy atom. The summed E-state index contributed by atoms with van der Waals surface area (Å²) in [6.45, 7) is 1.98. The Bertz CT molecular complexity index is 782. The molecule has 0 atom stereocenters. The van der Waals surface area contributed by atoms with E-state index in [0.29, 0.717) is 22.1 Å². The second kappa shape index (κ2) is 5.61. The maximum atomic E-state index is 12.5. The van der Waals surface area contributed by atoms with Crippen LogP contribution in [0.25, 0.3) is 6.08 Å². The second-order valence-electron chi connectivity index (χ2n) is 5.02. The molecule has 0 saturated carbocycles. The average Bonchev–Trinajstić information content (AvgIpc) is 2.77. The second-order valence-corrected chi connectivity index (χ2v) is 5.41. The van der Waals surface area contributed by atoms with Gasteiger partial charge in [-0.3, -0.25) is 9.69 Å². The number of aryl methyl sites for hydroxylation is 1. The summed E-state index contributed by atoms with van der Waals surface area (Å²) in [4.78, 5) is 14.0. The highest BCUT2D eigenvalue weighted by molar-refractivity contribution is 7.80. The van der Waals surface area contributed by atoms with Crippen LogP contribution in [0.1, 0.15) is 11.1 Å². The zero-order chi connectivity index (χ0) is 15.7. The van der Waals surface area contributed by atoms with E-state index in [0.717, 1.165) is 5.56 Å². The number of anilines is 1. The molecule has 2 N–H and O–H groups in total. The number of aromatic hydroxyl groups is 1. The summed E-state index contributed by atoms with van der Waals surface area (Å²) in [5, 5.41) is 13.0. The first kappa shape index (κ1) is 14.3.